The van der Waals surface area contributed by atoms with E-state index in [1.54, 1.807) is 0 Å². The normalized spacial score (nSPS) is 10.5. The SMILES string of the molecule is O=C(O)c1cc2cc(Cl)c([N+](=O)[O-])cc2[nH]c1=O. The molecule has 7 nitrogen and oxygen atoms in total. The van der Waals surface area contributed by atoms with Crippen molar-refractivity contribution >= 4 is 34.2 Å². The number of aromatic carboxylic acids is 1. The minimum Gasteiger partial charge on any atom is -0.477 e. The topological polar surface area (TPSA) is 113 Å². The number of H-pyrrole nitrogens is 1. The molecule has 0 aliphatic carbocycles. The molecular weight excluding hydrogens is 264 g/mol. The van der Waals surface area contributed by atoms with E-state index >= 15 is 0 Å². The lowest BCUT2D eigenvalue weighted by Gasteiger charge is -2.01. The van der Waals surface area contributed by atoms with Crippen LogP contribution in [0.15, 0.2) is 23.0 Å². The molecule has 2 aromatic rings. The zero-order valence-electron chi connectivity index (χ0n) is 8.64. The third-order valence-electron chi connectivity index (χ3n) is 2.34. The summed E-state index contributed by atoms with van der Waals surface area (Å²) in [7, 11) is 0. The van der Waals surface area contributed by atoms with Gasteiger partial charge in [0.2, 0.25) is 0 Å². The first kappa shape index (κ1) is 12.1. The van der Waals surface area contributed by atoms with E-state index in [1.807, 2.05) is 0 Å². The maximum absolute atomic E-state index is 11.4. The Kier molecular flexibility index (Phi) is 2.76. The third-order valence-corrected chi connectivity index (χ3v) is 2.64. The van der Waals surface area contributed by atoms with E-state index < -0.39 is 22.0 Å². The molecule has 1 aromatic carbocycles. The molecule has 8 heteroatoms. The summed E-state index contributed by atoms with van der Waals surface area (Å²) < 4.78 is 0. The van der Waals surface area contributed by atoms with E-state index in [0.717, 1.165) is 12.1 Å². The molecule has 1 aromatic heterocycles. The van der Waals surface area contributed by atoms with Crippen molar-refractivity contribution in [2.75, 3.05) is 0 Å². The number of pyridine rings is 1. The molecule has 1 heterocycles. The number of nitro groups is 1. The summed E-state index contributed by atoms with van der Waals surface area (Å²) in [6.07, 6.45) is 0. The van der Waals surface area contributed by atoms with Gasteiger partial charge in [0.05, 0.1) is 10.4 Å². The molecule has 2 rings (SSSR count). The van der Waals surface area contributed by atoms with E-state index in [0.29, 0.717) is 5.39 Å². The standard InChI is InChI=1S/C10H5ClN2O5/c11-6-2-4-1-5(10(15)16)9(14)12-7(4)3-8(6)13(17)18/h1-3H,(H,12,14)(H,15,16). The number of benzene rings is 1. The van der Waals surface area contributed by atoms with Crippen molar-refractivity contribution in [2.24, 2.45) is 0 Å². The highest BCUT2D eigenvalue weighted by Crippen LogP contribution is 2.28. The van der Waals surface area contributed by atoms with Crippen molar-refractivity contribution in [3.63, 3.8) is 0 Å². The number of hydrogen-bond donors (Lipinski definition) is 2. The lowest BCUT2D eigenvalue weighted by atomic mass is 10.1. The quantitative estimate of drug-likeness (QED) is 0.636. The van der Waals surface area contributed by atoms with Gasteiger partial charge >= 0.3 is 5.97 Å². The van der Waals surface area contributed by atoms with Crippen molar-refractivity contribution < 1.29 is 14.8 Å². The fourth-order valence-corrected chi connectivity index (χ4v) is 1.76. The highest BCUT2D eigenvalue weighted by molar-refractivity contribution is 6.33. The number of nitrogens with zero attached hydrogens (tertiary/aromatic N) is 1. The maximum atomic E-state index is 11.4. The maximum Gasteiger partial charge on any atom is 0.341 e. The van der Waals surface area contributed by atoms with Gasteiger partial charge in [-0.25, -0.2) is 4.79 Å². The first-order valence-electron chi connectivity index (χ1n) is 4.64. The third kappa shape index (κ3) is 1.91. The average molecular weight is 269 g/mol. The summed E-state index contributed by atoms with van der Waals surface area (Å²) in [6.45, 7) is 0. The lowest BCUT2D eigenvalue weighted by Crippen LogP contribution is -2.17. The van der Waals surface area contributed by atoms with E-state index in [4.69, 9.17) is 16.7 Å². The van der Waals surface area contributed by atoms with E-state index in [1.165, 1.54) is 6.07 Å². The summed E-state index contributed by atoms with van der Waals surface area (Å²) in [6, 6.07) is 3.44. The molecule has 0 saturated heterocycles. The number of halogens is 1. The summed E-state index contributed by atoms with van der Waals surface area (Å²) in [4.78, 5) is 34.4. The van der Waals surface area contributed by atoms with Crippen LogP contribution in [0.25, 0.3) is 10.9 Å². The Morgan fingerprint density at radius 1 is 1.39 bits per heavy atom. The number of aromatic amines is 1. The number of carboxylic acid groups (broad SMARTS) is 1. The lowest BCUT2D eigenvalue weighted by molar-refractivity contribution is -0.384. The Hall–Kier alpha value is -2.41. The van der Waals surface area contributed by atoms with Crippen LogP contribution in [-0.4, -0.2) is 21.0 Å². The highest BCUT2D eigenvalue weighted by Gasteiger charge is 2.16. The summed E-state index contributed by atoms with van der Waals surface area (Å²) in [5.41, 5.74) is -1.48. The molecule has 0 bridgehead atoms. The van der Waals surface area contributed by atoms with Crippen LogP contribution in [0.1, 0.15) is 10.4 Å². The van der Waals surface area contributed by atoms with Gasteiger partial charge in [-0.05, 0) is 12.1 Å². The highest BCUT2D eigenvalue weighted by atomic mass is 35.5. The summed E-state index contributed by atoms with van der Waals surface area (Å²) in [5, 5.41) is 19.6. The van der Waals surface area contributed by atoms with Crippen LogP contribution in [0.4, 0.5) is 5.69 Å². The zero-order chi connectivity index (χ0) is 13.4. The molecule has 0 unspecified atom stereocenters. The van der Waals surface area contributed by atoms with Gasteiger partial charge in [0.15, 0.2) is 0 Å². The van der Waals surface area contributed by atoms with Crippen LogP contribution in [-0.2, 0) is 0 Å². The zero-order valence-corrected chi connectivity index (χ0v) is 9.39. The van der Waals surface area contributed by atoms with E-state index in [-0.39, 0.29) is 16.2 Å². The summed E-state index contributed by atoms with van der Waals surface area (Å²) in [5.74, 6) is -1.38. The minimum absolute atomic E-state index is 0.129. The molecule has 0 aliphatic heterocycles. The second kappa shape index (κ2) is 4.11. The number of carboxylic acids is 1. The number of nitro benzene ring substituents is 1. The smallest absolute Gasteiger partial charge is 0.341 e. The van der Waals surface area contributed by atoms with Crippen molar-refractivity contribution in [3.8, 4) is 0 Å². The monoisotopic (exact) mass is 268 g/mol. The number of rotatable bonds is 2. The number of fused-ring (bicyclic) bond motifs is 1. The average Bonchev–Trinajstić information content (AvgIpc) is 2.27. The molecule has 0 atom stereocenters. The van der Waals surface area contributed by atoms with Crippen LogP contribution in [0.2, 0.25) is 5.02 Å². The largest absolute Gasteiger partial charge is 0.477 e. The Labute approximate surface area is 104 Å². The minimum atomic E-state index is -1.38. The molecular formula is C10H5ClN2O5. The van der Waals surface area contributed by atoms with E-state index in [2.05, 4.69) is 4.98 Å². The van der Waals surface area contributed by atoms with Crippen LogP contribution >= 0.6 is 11.6 Å². The summed E-state index contributed by atoms with van der Waals surface area (Å²) >= 11 is 5.69. The Bertz CT molecular complexity index is 737. The Balaban J connectivity index is 2.82. The Morgan fingerprint density at radius 3 is 2.61 bits per heavy atom. The molecule has 0 amide bonds. The predicted molar refractivity (Wildman–Crippen MR) is 63.2 cm³/mol. The van der Waals surface area contributed by atoms with Gasteiger partial charge < -0.3 is 10.1 Å². The molecule has 2 N–H and O–H groups in total. The van der Waals surface area contributed by atoms with Crippen LogP contribution in [0, 0.1) is 10.1 Å². The van der Waals surface area contributed by atoms with Crippen LogP contribution in [0.3, 0.4) is 0 Å². The van der Waals surface area contributed by atoms with Gasteiger partial charge in [-0.15, -0.1) is 0 Å². The molecule has 0 aliphatic rings. The van der Waals surface area contributed by atoms with Gasteiger partial charge in [-0.1, -0.05) is 11.6 Å². The number of aromatic nitrogens is 1. The predicted octanol–water partition coefficient (Wildman–Crippen LogP) is 1.79. The van der Waals surface area contributed by atoms with Crippen LogP contribution in [0.5, 0.6) is 0 Å². The molecule has 0 spiro atoms. The van der Waals surface area contributed by atoms with Crippen molar-refractivity contribution in [3.05, 3.63) is 49.3 Å². The molecule has 0 radical (unpaired) electrons. The second-order valence-electron chi connectivity index (χ2n) is 3.47. The van der Waals surface area contributed by atoms with Gasteiger partial charge in [0.1, 0.15) is 10.6 Å². The van der Waals surface area contributed by atoms with Crippen LogP contribution < -0.4 is 5.56 Å². The molecule has 92 valence electrons. The number of carbonyl (C=O) groups is 1. The second-order valence-corrected chi connectivity index (χ2v) is 3.87. The van der Waals surface area contributed by atoms with Gasteiger partial charge in [0.25, 0.3) is 11.2 Å². The molecule has 18 heavy (non-hydrogen) atoms. The van der Waals surface area contributed by atoms with Gasteiger partial charge in [-0.3, -0.25) is 14.9 Å². The Morgan fingerprint density at radius 2 is 2.06 bits per heavy atom. The van der Waals surface area contributed by atoms with Crippen molar-refractivity contribution in [1.29, 1.82) is 0 Å². The van der Waals surface area contributed by atoms with Gasteiger partial charge in [0, 0.05) is 11.5 Å². The first-order valence-corrected chi connectivity index (χ1v) is 5.02. The molecule has 0 saturated carbocycles. The van der Waals surface area contributed by atoms with Gasteiger partial charge in [-0.2, -0.15) is 0 Å². The van der Waals surface area contributed by atoms with E-state index in [9.17, 15) is 19.7 Å². The fraction of sp³-hybridized carbons (Fsp3) is 0. The number of nitrogens with one attached hydrogen (secondary N) is 1. The number of hydrogen-bond acceptors (Lipinski definition) is 4. The molecule has 0 fully saturated rings. The first-order chi connectivity index (χ1) is 8.40. The van der Waals surface area contributed by atoms with Crippen molar-refractivity contribution in [1.82, 2.24) is 4.98 Å². The fourth-order valence-electron chi connectivity index (χ4n) is 1.51. The van der Waals surface area contributed by atoms with Crippen molar-refractivity contribution in [2.45, 2.75) is 0 Å².